The van der Waals surface area contributed by atoms with E-state index in [1.165, 1.54) is 11.1 Å². The lowest BCUT2D eigenvalue weighted by atomic mass is 10.0. The Morgan fingerprint density at radius 1 is 0.833 bits per heavy atom. The zero-order valence-corrected chi connectivity index (χ0v) is 14.1. The highest BCUT2D eigenvalue weighted by atomic mass is 16.2. The van der Waals surface area contributed by atoms with E-state index in [-0.39, 0.29) is 5.91 Å². The van der Waals surface area contributed by atoms with E-state index >= 15 is 0 Å². The summed E-state index contributed by atoms with van der Waals surface area (Å²) in [5.41, 5.74) is 7.50. The van der Waals surface area contributed by atoms with Crippen LogP contribution in [0.3, 0.4) is 0 Å². The molecule has 0 aromatic heterocycles. The number of hydrogen-bond donors (Lipinski definition) is 1. The minimum Gasteiger partial charge on any atom is -0.267 e. The van der Waals surface area contributed by atoms with Gasteiger partial charge in [0.25, 0.3) is 5.91 Å². The fourth-order valence-electron chi connectivity index (χ4n) is 2.56. The van der Waals surface area contributed by atoms with Crippen LogP contribution in [0.5, 0.6) is 0 Å². The quantitative estimate of drug-likeness (QED) is 0.556. The summed E-state index contributed by atoms with van der Waals surface area (Å²) in [6.07, 6.45) is 0. The summed E-state index contributed by atoms with van der Waals surface area (Å²) < 4.78 is 0. The van der Waals surface area contributed by atoms with E-state index in [2.05, 4.69) is 36.5 Å². The van der Waals surface area contributed by atoms with E-state index in [4.69, 9.17) is 0 Å². The second-order valence-electron chi connectivity index (χ2n) is 6.00. The smallest absolute Gasteiger partial charge is 0.267 e. The maximum Gasteiger partial charge on any atom is 0.271 e. The molecule has 0 radical (unpaired) electrons. The summed E-state index contributed by atoms with van der Waals surface area (Å²) in [6, 6.07) is 19.8. The molecule has 0 bridgehead atoms. The molecule has 3 heteroatoms. The maximum atomic E-state index is 12.3. The standard InChI is InChI=1S/C21H20N2O/c1-14-8-9-18(12-15(14)2)16(3)22-23-21(24)20-11-10-17-6-4-5-7-19(17)13-20/h4-13H,1-3H3,(H,23,24)/b22-16-. The van der Waals surface area contributed by atoms with Crippen molar-refractivity contribution in [2.45, 2.75) is 20.8 Å². The lowest BCUT2D eigenvalue weighted by Crippen LogP contribution is -2.19. The molecule has 0 fully saturated rings. The summed E-state index contributed by atoms with van der Waals surface area (Å²) in [5, 5.41) is 6.40. The summed E-state index contributed by atoms with van der Waals surface area (Å²) in [7, 11) is 0. The molecule has 0 spiro atoms. The van der Waals surface area contributed by atoms with Crippen LogP contribution in [0.4, 0.5) is 0 Å². The summed E-state index contributed by atoms with van der Waals surface area (Å²) in [4.78, 5) is 12.3. The topological polar surface area (TPSA) is 41.5 Å². The van der Waals surface area contributed by atoms with Gasteiger partial charge in [-0.1, -0.05) is 42.5 Å². The van der Waals surface area contributed by atoms with Crippen molar-refractivity contribution in [3.63, 3.8) is 0 Å². The number of amides is 1. The van der Waals surface area contributed by atoms with Crippen LogP contribution in [0.2, 0.25) is 0 Å². The second kappa shape index (κ2) is 6.67. The van der Waals surface area contributed by atoms with Gasteiger partial charge < -0.3 is 0 Å². The van der Waals surface area contributed by atoms with Gasteiger partial charge in [0, 0.05) is 5.56 Å². The van der Waals surface area contributed by atoms with Crippen molar-refractivity contribution in [1.29, 1.82) is 0 Å². The highest BCUT2D eigenvalue weighted by Crippen LogP contribution is 2.15. The Hall–Kier alpha value is -2.94. The normalized spacial score (nSPS) is 11.5. The molecule has 0 heterocycles. The summed E-state index contributed by atoms with van der Waals surface area (Å²) in [6.45, 7) is 6.04. The molecule has 1 N–H and O–H groups in total. The molecule has 0 atom stereocenters. The third-order valence-corrected chi connectivity index (χ3v) is 4.26. The highest BCUT2D eigenvalue weighted by Gasteiger charge is 2.06. The molecule has 24 heavy (non-hydrogen) atoms. The van der Waals surface area contributed by atoms with E-state index in [0.717, 1.165) is 22.0 Å². The van der Waals surface area contributed by atoms with Crippen LogP contribution in [-0.4, -0.2) is 11.6 Å². The molecule has 0 aliphatic heterocycles. The summed E-state index contributed by atoms with van der Waals surface area (Å²) >= 11 is 0. The van der Waals surface area contributed by atoms with Crippen molar-refractivity contribution in [2.24, 2.45) is 5.10 Å². The van der Waals surface area contributed by atoms with Gasteiger partial charge in [0.2, 0.25) is 0 Å². The van der Waals surface area contributed by atoms with Crippen LogP contribution in [0.15, 0.2) is 65.8 Å². The molecule has 3 nitrogen and oxygen atoms in total. The summed E-state index contributed by atoms with van der Waals surface area (Å²) in [5.74, 6) is -0.205. The number of rotatable bonds is 3. The van der Waals surface area contributed by atoms with Gasteiger partial charge in [-0.25, -0.2) is 5.43 Å². The van der Waals surface area contributed by atoms with Gasteiger partial charge in [0.05, 0.1) is 5.71 Å². The van der Waals surface area contributed by atoms with Gasteiger partial charge in [0.15, 0.2) is 0 Å². The molecule has 0 aliphatic carbocycles. The van der Waals surface area contributed by atoms with Crippen molar-refractivity contribution >= 4 is 22.4 Å². The number of hydrogen-bond acceptors (Lipinski definition) is 2. The zero-order chi connectivity index (χ0) is 17.1. The largest absolute Gasteiger partial charge is 0.271 e. The average Bonchev–Trinajstić information content (AvgIpc) is 2.61. The fourth-order valence-corrected chi connectivity index (χ4v) is 2.56. The predicted molar refractivity (Wildman–Crippen MR) is 99.5 cm³/mol. The van der Waals surface area contributed by atoms with Gasteiger partial charge >= 0.3 is 0 Å². The first-order chi connectivity index (χ1) is 11.5. The Bertz CT molecular complexity index is 941. The lowest BCUT2D eigenvalue weighted by molar-refractivity contribution is 0.0955. The van der Waals surface area contributed by atoms with Crippen LogP contribution >= 0.6 is 0 Å². The zero-order valence-electron chi connectivity index (χ0n) is 14.1. The van der Waals surface area contributed by atoms with Crippen LogP contribution in [-0.2, 0) is 0 Å². The number of carbonyl (C=O) groups excluding carboxylic acids is 1. The monoisotopic (exact) mass is 316 g/mol. The highest BCUT2D eigenvalue weighted by molar-refractivity contribution is 6.02. The number of nitrogens with one attached hydrogen (secondary N) is 1. The molecule has 3 rings (SSSR count). The fraction of sp³-hybridized carbons (Fsp3) is 0.143. The number of carbonyl (C=O) groups is 1. The van der Waals surface area contributed by atoms with Crippen molar-refractivity contribution in [3.05, 3.63) is 82.9 Å². The number of benzene rings is 3. The van der Waals surface area contributed by atoms with Crippen molar-refractivity contribution in [1.82, 2.24) is 5.43 Å². The first kappa shape index (κ1) is 15.9. The predicted octanol–water partition coefficient (Wildman–Crippen LogP) is 4.61. The minimum atomic E-state index is -0.205. The third-order valence-electron chi connectivity index (χ3n) is 4.26. The van der Waals surface area contributed by atoms with Gasteiger partial charge in [0.1, 0.15) is 0 Å². The molecule has 0 saturated heterocycles. The Labute approximate surface area is 142 Å². The number of hydrazone groups is 1. The average molecular weight is 316 g/mol. The Balaban J connectivity index is 1.78. The molecular formula is C21H20N2O. The molecule has 3 aromatic carbocycles. The second-order valence-corrected chi connectivity index (χ2v) is 6.00. The van der Waals surface area contributed by atoms with Crippen LogP contribution in [0.25, 0.3) is 10.8 Å². The maximum absolute atomic E-state index is 12.3. The van der Waals surface area contributed by atoms with E-state index in [0.29, 0.717) is 5.56 Å². The molecule has 3 aromatic rings. The first-order valence-corrected chi connectivity index (χ1v) is 7.95. The molecule has 0 saturated carbocycles. The SMILES string of the molecule is C/C(=N/NC(=O)c1ccc2ccccc2c1)c1ccc(C)c(C)c1. The third kappa shape index (κ3) is 3.35. The Morgan fingerprint density at radius 2 is 1.54 bits per heavy atom. The Morgan fingerprint density at radius 3 is 2.29 bits per heavy atom. The van der Waals surface area contributed by atoms with Gasteiger partial charge in [-0.05, 0) is 66.4 Å². The van der Waals surface area contributed by atoms with Crippen LogP contribution in [0, 0.1) is 13.8 Å². The molecular weight excluding hydrogens is 296 g/mol. The van der Waals surface area contributed by atoms with Crippen LogP contribution < -0.4 is 5.43 Å². The molecule has 0 aliphatic rings. The van der Waals surface area contributed by atoms with Gasteiger partial charge in [-0.15, -0.1) is 0 Å². The lowest BCUT2D eigenvalue weighted by Gasteiger charge is -2.06. The van der Waals surface area contributed by atoms with Crippen molar-refractivity contribution in [2.75, 3.05) is 0 Å². The van der Waals surface area contributed by atoms with Crippen LogP contribution in [0.1, 0.15) is 34.0 Å². The Kier molecular flexibility index (Phi) is 4.43. The number of aryl methyl sites for hydroxylation is 2. The first-order valence-electron chi connectivity index (χ1n) is 7.95. The van der Waals surface area contributed by atoms with E-state index in [1.807, 2.05) is 55.5 Å². The number of fused-ring (bicyclic) bond motifs is 1. The van der Waals surface area contributed by atoms with E-state index in [9.17, 15) is 4.79 Å². The molecule has 0 unspecified atom stereocenters. The van der Waals surface area contributed by atoms with Gasteiger partial charge in [-0.2, -0.15) is 5.10 Å². The number of nitrogens with zero attached hydrogens (tertiary/aromatic N) is 1. The van der Waals surface area contributed by atoms with Crippen molar-refractivity contribution in [3.8, 4) is 0 Å². The molecule has 120 valence electrons. The molecule has 1 amide bonds. The minimum absolute atomic E-state index is 0.205. The van der Waals surface area contributed by atoms with Gasteiger partial charge in [-0.3, -0.25) is 4.79 Å². The van der Waals surface area contributed by atoms with E-state index < -0.39 is 0 Å². The van der Waals surface area contributed by atoms with E-state index in [1.54, 1.807) is 0 Å². The van der Waals surface area contributed by atoms with Crippen molar-refractivity contribution < 1.29 is 4.79 Å².